The lowest BCUT2D eigenvalue weighted by atomic mass is 11.1. The van der Waals surface area contributed by atoms with Crippen molar-refractivity contribution in [1.29, 1.82) is 0 Å². The van der Waals surface area contributed by atoms with Crippen LogP contribution in [0.2, 0.25) is 0 Å². The van der Waals surface area contributed by atoms with Gasteiger partial charge < -0.3 is 0 Å². The highest BCUT2D eigenvalue weighted by atomic mass is 35.7. The van der Waals surface area contributed by atoms with Gasteiger partial charge in [0.25, 0.3) is 0 Å². The SMILES string of the molecule is NNC(N)=[N+](N)N.[O-][Cl+3]([O-])([O-])[O-]. The lowest BCUT2D eigenvalue weighted by molar-refractivity contribution is -2.00. The molecule has 0 aromatic rings. The summed E-state index contributed by atoms with van der Waals surface area (Å²) in [4.78, 5) is 0.681. The molecule has 0 rings (SSSR count). The van der Waals surface area contributed by atoms with E-state index in [0.717, 1.165) is 0 Å². The quantitative estimate of drug-likeness (QED) is 0.0831. The number of hydrogen-bond donors (Lipinski definition) is 5. The zero-order valence-corrected chi connectivity index (χ0v) is 6.52. The van der Waals surface area contributed by atoms with Gasteiger partial charge in [0.1, 0.15) is 0 Å². The highest BCUT2D eigenvalue weighted by Gasteiger charge is 1.93. The van der Waals surface area contributed by atoms with Gasteiger partial charge in [0.2, 0.25) is 0 Å². The molecule has 0 amide bonds. The molecule has 0 aliphatic rings. The zero-order valence-electron chi connectivity index (χ0n) is 5.77. The first kappa shape index (κ1) is 13.5. The molecule has 0 aliphatic carbocycles. The van der Waals surface area contributed by atoms with Gasteiger partial charge in [-0.25, -0.2) is 24.1 Å². The molecule has 0 bridgehead atoms. The average Bonchev–Trinajstić information content (AvgIpc) is 1.82. The molecule has 0 atom stereocenters. The first-order chi connectivity index (χ1) is 5.18. The maximum Gasteiger partial charge on any atom is 0.404 e. The van der Waals surface area contributed by atoms with Crippen molar-refractivity contribution in [3.8, 4) is 0 Å². The Labute approximate surface area is 69.3 Å². The number of nitrogens with one attached hydrogen (secondary N) is 1. The van der Waals surface area contributed by atoms with E-state index in [9.17, 15) is 0 Å². The molecule has 10 nitrogen and oxygen atoms in total. The maximum absolute atomic E-state index is 8.49. The van der Waals surface area contributed by atoms with E-state index in [2.05, 4.69) is 0 Å². The molecule has 0 aromatic heterocycles. The van der Waals surface area contributed by atoms with Crippen LogP contribution in [0.3, 0.4) is 0 Å². The smallest absolute Gasteiger partial charge is 0.286 e. The predicted molar refractivity (Wildman–Crippen MR) is 25.2 cm³/mol. The summed E-state index contributed by atoms with van der Waals surface area (Å²) in [7, 11) is -4.94. The van der Waals surface area contributed by atoms with Crippen molar-refractivity contribution >= 4 is 5.96 Å². The third kappa shape index (κ3) is 23.1. The summed E-state index contributed by atoms with van der Waals surface area (Å²) in [6, 6.07) is 0. The van der Waals surface area contributed by atoms with Crippen LogP contribution in [0.5, 0.6) is 0 Å². The minimum atomic E-state index is -4.94. The number of hydrogen-bond acceptors (Lipinski definition) is 7. The summed E-state index contributed by atoms with van der Waals surface area (Å²) in [6.45, 7) is 0. The number of hydrazone groups is 2. The van der Waals surface area contributed by atoms with E-state index >= 15 is 0 Å². The molecule has 0 saturated heterocycles. The van der Waals surface area contributed by atoms with Gasteiger partial charge in [-0.15, -0.1) is 10.2 Å². The van der Waals surface area contributed by atoms with Gasteiger partial charge in [-0.05, 0) is 0 Å². The topological polar surface area (TPSA) is 211 Å². The number of guanidine groups is 1. The average molecular weight is 205 g/mol. The van der Waals surface area contributed by atoms with Crippen molar-refractivity contribution in [2.24, 2.45) is 23.3 Å². The van der Waals surface area contributed by atoms with E-state index in [1.54, 1.807) is 0 Å². The van der Waals surface area contributed by atoms with Crippen LogP contribution in [-0.2, 0) is 0 Å². The Morgan fingerprint density at radius 1 is 1.17 bits per heavy atom. The number of nitrogens with zero attached hydrogens (tertiary/aromatic N) is 1. The normalized spacial score (nSPS) is 9.42. The van der Waals surface area contributed by atoms with Crippen molar-refractivity contribution in [3.05, 3.63) is 0 Å². The van der Waals surface area contributed by atoms with E-state index < -0.39 is 10.2 Å². The van der Waals surface area contributed by atoms with Crippen LogP contribution in [-0.4, -0.2) is 10.8 Å². The predicted octanol–water partition coefficient (Wildman–Crippen LogP) is -8.23. The van der Waals surface area contributed by atoms with Gasteiger partial charge in [0, 0.05) is 0 Å². The minimum absolute atomic E-state index is 0.0139. The molecule has 0 saturated carbocycles. The fraction of sp³-hybridized carbons (Fsp3) is 0. The first-order valence-corrected chi connectivity index (χ1v) is 3.42. The summed E-state index contributed by atoms with van der Waals surface area (Å²) < 4.78 is 34.0. The Hall–Kier alpha value is -1.04. The second-order valence-electron chi connectivity index (χ2n) is 1.31. The van der Waals surface area contributed by atoms with E-state index in [4.69, 9.17) is 41.9 Å². The van der Waals surface area contributed by atoms with E-state index in [-0.39, 0.29) is 5.96 Å². The van der Waals surface area contributed by atoms with Crippen molar-refractivity contribution in [2.75, 3.05) is 0 Å². The van der Waals surface area contributed by atoms with Crippen LogP contribution in [0.1, 0.15) is 0 Å². The van der Waals surface area contributed by atoms with Gasteiger partial charge in [-0.2, -0.15) is 5.84 Å². The number of rotatable bonds is 0. The van der Waals surface area contributed by atoms with Crippen LogP contribution in [0.4, 0.5) is 0 Å². The molecule has 0 unspecified atom stereocenters. The van der Waals surface area contributed by atoms with Crippen molar-refractivity contribution < 1.29 is 33.7 Å². The molecule has 9 N–H and O–H groups in total. The highest BCUT2D eigenvalue weighted by molar-refractivity contribution is 5.71. The molecule has 0 aliphatic heterocycles. The molecular weight excluding hydrogens is 196 g/mol. The first-order valence-electron chi connectivity index (χ1n) is 2.18. The van der Waals surface area contributed by atoms with Gasteiger partial charge in [-0.1, -0.05) is 4.79 Å². The Kier molecular flexibility index (Phi) is 6.31. The van der Waals surface area contributed by atoms with Gasteiger partial charge in [-0.3, -0.25) is 17.4 Å². The third-order valence-corrected chi connectivity index (χ3v) is 0.426. The van der Waals surface area contributed by atoms with Crippen molar-refractivity contribution in [1.82, 2.24) is 5.43 Å². The van der Waals surface area contributed by atoms with E-state index in [1.807, 2.05) is 5.43 Å². The van der Waals surface area contributed by atoms with Crippen LogP contribution >= 0.6 is 0 Å². The summed E-state index contributed by atoms with van der Waals surface area (Å²) >= 11 is 0. The van der Waals surface area contributed by atoms with Crippen molar-refractivity contribution in [3.63, 3.8) is 0 Å². The van der Waals surface area contributed by atoms with Crippen LogP contribution < -0.4 is 47.3 Å². The largest absolute Gasteiger partial charge is 0.404 e. The lowest BCUT2D eigenvalue weighted by Gasteiger charge is -2.17. The van der Waals surface area contributed by atoms with Gasteiger partial charge in [0.15, 0.2) is 0 Å². The molecule has 0 fully saturated rings. The Balaban J connectivity index is 0. The summed E-state index contributed by atoms with van der Waals surface area (Å²) in [5.41, 5.74) is 7.01. The van der Waals surface area contributed by atoms with Gasteiger partial charge in [0.05, 0.1) is 0 Å². The number of halogens is 1. The number of nitrogens with two attached hydrogens (primary N) is 4. The minimum Gasteiger partial charge on any atom is -0.286 e. The maximum atomic E-state index is 8.49. The molecule has 74 valence electrons. The molecule has 0 heterocycles. The fourth-order valence-electron chi connectivity index (χ4n) is 0.0745. The molecule has 11 heteroatoms. The highest BCUT2D eigenvalue weighted by Crippen LogP contribution is 1.49. The third-order valence-electron chi connectivity index (χ3n) is 0.426. The Morgan fingerprint density at radius 2 is 1.42 bits per heavy atom. The summed E-state index contributed by atoms with van der Waals surface area (Å²) in [5, 5.41) is 0. The van der Waals surface area contributed by atoms with E-state index in [0.29, 0.717) is 4.79 Å². The molecule has 12 heavy (non-hydrogen) atoms. The standard InChI is InChI=1S/CH8N6.ClHO4/c2-1(6-3)7(4)5;2-1(3,4)5/h3-5H2,(H2,2,6);(H,2,3,4,5). The second kappa shape index (κ2) is 5.59. The molecule has 0 spiro atoms. The van der Waals surface area contributed by atoms with Crippen molar-refractivity contribution in [2.45, 2.75) is 0 Å². The lowest BCUT2D eigenvalue weighted by Crippen LogP contribution is -2.68. The molecule has 0 aromatic carbocycles. The summed E-state index contributed by atoms with van der Waals surface area (Å²) in [6.07, 6.45) is 0. The van der Waals surface area contributed by atoms with Crippen LogP contribution in [0, 0.1) is 10.2 Å². The monoisotopic (exact) mass is 204 g/mol. The second-order valence-corrected chi connectivity index (χ2v) is 2.07. The zero-order chi connectivity index (χ0) is 10.4. The Morgan fingerprint density at radius 3 is 1.42 bits per heavy atom. The molecular formula is CH9ClN6O4. The Bertz CT molecular complexity index is 142. The fourth-order valence-corrected chi connectivity index (χ4v) is 0.0745. The van der Waals surface area contributed by atoms with Gasteiger partial charge >= 0.3 is 5.96 Å². The number of hydrazine groups is 3. The molecule has 0 radical (unpaired) electrons. The summed E-state index contributed by atoms with van der Waals surface area (Å²) in [5.74, 6) is 14.5. The van der Waals surface area contributed by atoms with E-state index in [1.165, 1.54) is 0 Å². The van der Waals surface area contributed by atoms with Crippen LogP contribution in [0.15, 0.2) is 0 Å². The van der Waals surface area contributed by atoms with Crippen LogP contribution in [0.25, 0.3) is 0 Å².